The number of rotatable bonds is 7. The molecule has 0 bridgehead atoms. The topological polar surface area (TPSA) is 76.7 Å². The first-order valence-electron chi connectivity index (χ1n) is 7.93. The lowest BCUT2D eigenvalue weighted by molar-refractivity contribution is -0.130. The molecule has 0 aromatic heterocycles. The van der Waals surface area contributed by atoms with Crippen LogP contribution in [0.25, 0.3) is 0 Å². The summed E-state index contributed by atoms with van der Waals surface area (Å²) in [5.41, 5.74) is 2.16. The molecule has 1 aliphatic rings. The Labute approximate surface area is 136 Å². The molecule has 1 aromatic rings. The molecule has 2 N–H and O–H groups in total. The highest BCUT2D eigenvalue weighted by Crippen LogP contribution is 2.20. The van der Waals surface area contributed by atoms with E-state index in [2.05, 4.69) is 10.6 Å². The number of aryl methyl sites for hydroxylation is 1. The van der Waals surface area contributed by atoms with Gasteiger partial charge < -0.3 is 20.1 Å². The van der Waals surface area contributed by atoms with Gasteiger partial charge in [-0.25, -0.2) is 0 Å². The molecule has 2 amide bonds. The van der Waals surface area contributed by atoms with Gasteiger partial charge in [-0.05, 0) is 43.9 Å². The fourth-order valence-corrected chi connectivity index (χ4v) is 2.36. The van der Waals surface area contributed by atoms with Crippen LogP contribution in [0.15, 0.2) is 18.2 Å². The number of carbonyl (C=O) groups is 2. The van der Waals surface area contributed by atoms with Gasteiger partial charge in [-0.3, -0.25) is 9.59 Å². The largest absolute Gasteiger partial charge is 0.483 e. The molecular weight excluding hydrogens is 296 g/mol. The number of carbonyl (C=O) groups excluding carboxylic acids is 2. The summed E-state index contributed by atoms with van der Waals surface area (Å²) in [6.45, 7) is 5.32. The van der Waals surface area contributed by atoms with E-state index in [1.54, 1.807) is 0 Å². The molecule has 0 saturated carbocycles. The SMILES string of the molecule is Cc1cccc(OCC(=O)NCCNC(=O)C2CCCO2)c1C. The molecule has 1 fully saturated rings. The summed E-state index contributed by atoms with van der Waals surface area (Å²) in [5.74, 6) is 0.396. The summed E-state index contributed by atoms with van der Waals surface area (Å²) in [5, 5.41) is 5.46. The van der Waals surface area contributed by atoms with E-state index >= 15 is 0 Å². The highest BCUT2D eigenvalue weighted by atomic mass is 16.5. The molecule has 6 nitrogen and oxygen atoms in total. The van der Waals surface area contributed by atoms with Crippen molar-refractivity contribution in [1.29, 1.82) is 0 Å². The lowest BCUT2D eigenvalue weighted by Crippen LogP contribution is -2.40. The minimum absolute atomic E-state index is 0.0377. The van der Waals surface area contributed by atoms with Crippen molar-refractivity contribution in [3.63, 3.8) is 0 Å². The molecule has 23 heavy (non-hydrogen) atoms. The Kier molecular flexibility index (Phi) is 6.40. The van der Waals surface area contributed by atoms with Gasteiger partial charge >= 0.3 is 0 Å². The predicted molar refractivity (Wildman–Crippen MR) is 86.4 cm³/mol. The molecule has 1 saturated heterocycles. The zero-order valence-electron chi connectivity index (χ0n) is 13.7. The average molecular weight is 320 g/mol. The van der Waals surface area contributed by atoms with Crippen LogP contribution < -0.4 is 15.4 Å². The second kappa shape index (κ2) is 8.53. The molecule has 1 unspecified atom stereocenters. The maximum Gasteiger partial charge on any atom is 0.258 e. The Morgan fingerprint density at radius 1 is 1.26 bits per heavy atom. The summed E-state index contributed by atoms with van der Waals surface area (Å²) in [7, 11) is 0. The second-order valence-electron chi connectivity index (χ2n) is 5.63. The fraction of sp³-hybridized carbons (Fsp3) is 0.529. The number of ether oxygens (including phenoxy) is 2. The van der Waals surface area contributed by atoms with Gasteiger partial charge in [0.2, 0.25) is 5.91 Å². The van der Waals surface area contributed by atoms with Crippen LogP contribution >= 0.6 is 0 Å². The minimum atomic E-state index is -0.335. The number of nitrogens with one attached hydrogen (secondary N) is 2. The summed E-state index contributed by atoms with van der Waals surface area (Å²) in [6.07, 6.45) is 1.35. The lowest BCUT2D eigenvalue weighted by Gasteiger charge is -2.12. The van der Waals surface area contributed by atoms with Gasteiger partial charge in [0.05, 0.1) is 0 Å². The molecule has 1 aliphatic heterocycles. The van der Waals surface area contributed by atoms with E-state index in [4.69, 9.17) is 9.47 Å². The van der Waals surface area contributed by atoms with Crippen LogP contribution in [0.4, 0.5) is 0 Å². The van der Waals surface area contributed by atoms with Gasteiger partial charge in [-0.2, -0.15) is 0 Å². The maximum absolute atomic E-state index is 11.7. The average Bonchev–Trinajstić information content (AvgIpc) is 3.07. The number of hydrogen-bond acceptors (Lipinski definition) is 4. The van der Waals surface area contributed by atoms with Crippen LogP contribution in [0.2, 0.25) is 0 Å². The first-order valence-corrected chi connectivity index (χ1v) is 7.93. The van der Waals surface area contributed by atoms with Gasteiger partial charge in [0.1, 0.15) is 11.9 Å². The minimum Gasteiger partial charge on any atom is -0.483 e. The molecule has 1 atom stereocenters. The van der Waals surface area contributed by atoms with E-state index in [1.807, 2.05) is 32.0 Å². The normalized spacial score (nSPS) is 16.9. The van der Waals surface area contributed by atoms with Crippen LogP contribution in [0.1, 0.15) is 24.0 Å². The molecule has 126 valence electrons. The fourth-order valence-electron chi connectivity index (χ4n) is 2.36. The first-order chi connectivity index (χ1) is 11.1. The van der Waals surface area contributed by atoms with E-state index < -0.39 is 0 Å². The number of benzene rings is 1. The molecule has 1 aromatic carbocycles. The standard InChI is InChI=1S/C17H24N2O4/c1-12-5-3-6-14(13(12)2)23-11-16(20)18-8-9-19-17(21)15-7-4-10-22-15/h3,5-6,15H,4,7-11H2,1-2H3,(H,18,20)(H,19,21). The van der Waals surface area contributed by atoms with Gasteiger partial charge in [0.15, 0.2) is 6.61 Å². The van der Waals surface area contributed by atoms with Gasteiger partial charge in [0, 0.05) is 19.7 Å². The summed E-state index contributed by atoms with van der Waals surface area (Å²) >= 11 is 0. The lowest BCUT2D eigenvalue weighted by atomic mass is 10.1. The Bertz CT molecular complexity index is 554. The van der Waals surface area contributed by atoms with E-state index in [9.17, 15) is 9.59 Å². The van der Waals surface area contributed by atoms with Crippen molar-refractivity contribution < 1.29 is 19.1 Å². The predicted octanol–water partition coefficient (Wildman–Crippen LogP) is 1.09. The quantitative estimate of drug-likeness (QED) is 0.738. The van der Waals surface area contributed by atoms with Gasteiger partial charge in [-0.1, -0.05) is 12.1 Å². The van der Waals surface area contributed by atoms with Crippen molar-refractivity contribution in [3.8, 4) is 5.75 Å². The van der Waals surface area contributed by atoms with Gasteiger partial charge in [-0.15, -0.1) is 0 Å². The summed E-state index contributed by atoms with van der Waals surface area (Å²) in [4.78, 5) is 23.4. The third-order valence-corrected chi connectivity index (χ3v) is 3.88. The van der Waals surface area contributed by atoms with Crippen molar-refractivity contribution >= 4 is 11.8 Å². The Morgan fingerprint density at radius 2 is 2.04 bits per heavy atom. The number of hydrogen-bond donors (Lipinski definition) is 2. The zero-order chi connectivity index (χ0) is 16.7. The van der Waals surface area contributed by atoms with Crippen LogP contribution in [-0.4, -0.2) is 44.2 Å². The van der Waals surface area contributed by atoms with Crippen molar-refractivity contribution in [3.05, 3.63) is 29.3 Å². The molecule has 1 heterocycles. The highest BCUT2D eigenvalue weighted by Gasteiger charge is 2.22. The Hall–Kier alpha value is -2.08. The van der Waals surface area contributed by atoms with E-state index in [0.717, 1.165) is 24.0 Å². The first kappa shape index (κ1) is 17.3. The van der Waals surface area contributed by atoms with Crippen molar-refractivity contribution in [2.75, 3.05) is 26.3 Å². The number of amides is 2. The van der Waals surface area contributed by atoms with Crippen molar-refractivity contribution in [1.82, 2.24) is 10.6 Å². The summed E-state index contributed by atoms with van der Waals surface area (Å²) < 4.78 is 10.8. The summed E-state index contributed by atoms with van der Waals surface area (Å²) in [6, 6.07) is 5.74. The monoisotopic (exact) mass is 320 g/mol. The molecule has 0 spiro atoms. The molecular formula is C17H24N2O4. The van der Waals surface area contributed by atoms with E-state index in [-0.39, 0.29) is 24.5 Å². The third kappa shape index (κ3) is 5.25. The van der Waals surface area contributed by atoms with Gasteiger partial charge in [0.25, 0.3) is 5.91 Å². The molecule has 0 radical (unpaired) electrons. The van der Waals surface area contributed by atoms with Crippen molar-refractivity contribution in [2.45, 2.75) is 32.8 Å². The Balaban J connectivity index is 1.61. The van der Waals surface area contributed by atoms with E-state index in [1.165, 1.54) is 0 Å². The molecule has 2 rings (SSSR count). The highest BCUT2D eigenvalue weighted by molar-refractivity contribution is 5.81. The maximum atomic E-state index is 11.7. The second-order valence-corrected chi connectivity index (χ2v) is 5.63. The molecule has 6 heteroatoms. The van der Waals surface area contributed by atoms with E-state index in [0.29, 0.717) is 25.4 Å². The van der Waals surface area contributed by atoms with Crippen LogP contribution in [0, 0.1) is 13.8 Å². The smallest absolute Gasteiger partial charge is 0.258 e. The molecule has 0 aliphatic carbocycles. The zero-order valence-corrected chi connectivity index (χ0v) is 13.7. The van der Waals surface area contributed by atoms with Crippen LogP contribution in [0.5, 0.6) is 5.75 Å². The third-order valence-electron chi connectivity index (χ3n) is 3.88. The van der Waals surface area contributed by atoms with Crippen molar-refractivity contribution in [2.24, 2.45) is 0 Å². The van der Waals surface area contributed by atoms with Crippen LogP contribution in [-0.2, 0) is 14.3 Å². The van der Waals surface area contributed by atoms with Crippen LogP contribution in [0.3, 0.4) is 0 Å². The Morgan fingerprint density at radius 3 is 2.78 bits per heavy atom.